The Morgan fingerprint density at radius 1 is 1.17 bits per heavy atom. The molecule has 1 aromatic heterocycles. The minimum Gasteiger partial charge on any atom is -0.481 e. The first-order chi connectivity index (χ1) is 11.2. The minimum absolute atomic E-state index is 0.0148. The highest BCUT2D eigenvalue weighted by Gasteiger charge is 2.41. The summed E-state index contributed by atoms with van der Waals surface area (Å²) in [6.45, 7) is 1.17. The lowest BCUT2D eigenvalue weighted by molar-refractivity contribution is -0.125. The molecule has 5 nitrogen and oxygen atoms in total. The second-order valence-electron chi connectivity index (χ2n) is 5.60. The average molecular weight is 312 g/mol. The molecule has 1 amide bonds. The van der Waals surface area contributed by atoms with Crippen LogP contribution in [0.3, 0.4) is 0 Å². The molecular formula is C18H20N2O3. The molecule has 1 N–H and O–H groups in total. The molecule has 0 spiro atoms. The quantitative estimate of drug-likeness (QED) is 0.943. The van der Waals surface area contributed by atoms with Crippen molar-refractivity contribution in [2.75, 3.05) is 25.6 Å². The Kier molecular flexibility index (Phi) is 4.57. The molecule has 1 saturated heterocycles. The largest absolute Gasteiger partial charge is 0.481 e. The van der Waals surface area contributed by atoms with E-state index in [1.165, 1.54) is 0 Å². The summed E-state index contributed by atoms with van der Waals surface area (Å²) >= 11 is 0. The van der Waals surface area contributed by atoms with Crippen LogP contribution in [0, 0.1) is 0 Å². The van der Waals surface area contributed by atoms with E-state index in [1.54, 1.807) is 25.4 Å². The van der Waals surface area contributed by atoms with E-state index in [9.17, 15) is 4.79 Å². The van der Waals surface area contributed by atoms with Crippen LogP contribution in [-0.4, -0.2) is 31.2 Å². The number of pyridine rings is 1. The fourth-order valence-corrected chi connectivity index (χ4v) is 2.95. The lowest BCUT2D eigenvalue weighted by Gasteiger charge is -2.36. The first-order valence-corrected chi connectivity index (χ1v) is 7.69. The zero-order chi connectivity index (χ0) is 16.1. The summed E-state index contributed by atoms with van der Waals surface area (Å²) in [4.78, 5) is 17.1. The molecule has 1 aliphatic heterocycles. The maximum absolute atomic E-state index is 13.0. The number of amides is 1. The third-order valence-corrected chi connectivity index (χ3v) is 4.31. The minimum atomic E-state index is -0.556. The van der Waals surface area contributed by atoms with Gasteiger partial charge >= 0.3 is 0 Å². The fraction of sp³-hybridized carbons (Fsp3) is 0.333. The number of nitrogens with one attached hydrogen (secondary N) is 1. The van der Waals surface area contributed by atoms with Crippen LogP contribution in [-0.2, 0) is 14.9 Å². The van der Waals surface area contributed by atoms with Crippen LogP contribution in [0.1, 0.15) is 18.4 Å². The summed E-state index contributed by atoms with van der Waals surface area (Å²) in [7, 11) is 1.56. The van der Waals surface area contributed by atoms with Crippen LogP contribution >= 0.6 is 0 Å². The van der Waals surface area contributed by atoms with E-state index in [2.05, 4.69) is 10.3 Å². The lowest BCUT2D eigenvalue weighted by Crippen LogP contribution is -2.44. The van der Waals surface area contributed by atoms with Crippen LogP contribution in [0.5, 0.6) is 5.88 Å². The van der Waals surface area contributed by atoms with Crippen molar-refractivity contribution in [3.63, 3.8) is 0 Å². The van der Waals surface area contributed by atoms with Crippen molar-refractivity contribution in [2.24, 2.45) is 0 Å². The first-order valence-electron chi connectivity index (χ1n) is 7.69. The Balaban J connectivity index is 1.85. The molecule has 0 aliphatic carbocycles. The van der Waals surface area contributed by atoms with Gasteiger partial charge in [0.1, 0.15) is 0 Å². The maximum atomic E-state index is 13.0. The summed E-state index contributed by atoms with van der Waals surface area (Å²) in [6.07, 6.45) is 2.95. The molecule has 0 radical (unpaired) electrons. The van der Waals surface area contributed by atoms with E-state index in [1.807, 2.05) is 30.3 Å². The van der Waals surface area contributed by atoms with Crippen LogP contribution in [0.4, 0.5) is 5.69 Å². The van der Waals surface area contributed by atoms with Gasteiger partial charge in [-0.3, -0.25) is 4.79 Å². The highest BCUT2D eigenvalue weighted by Crippen LogP contribution is 2.36. The van der Waals surface area contributed by atoms with E-state index in [0.717, 1.165) is 5.56 Å². The third-order valence-electron chi connectivity index (χ3n) is 4.31. The molecule has 5 heteroatoms. The smallest absolute Gasteiger partial charge is 0.235 e. The maximum Gasteiger partial charge on any atom is 0.235 e. The van der Waals surface area contributed by atoms with Crippen molar-refractivity contribution in [3.05, 3.63) is 54.2 Å². The molecule has 0 saturated carbocycles. The van der Waals surface area contributed by atoms with Gasteiger partial charge in [0.25, 0.3) is 0 Å². The number of rotatable bonds is 4. The van der Waals surface area contributed by atoms with Gasteiger partial charge in [-0.05, 0) is 24.5 Å². The summed E-state index contributed by atoms with van der Waals surface area (Å²) in [5.74, 6) is 0.505. The Labute approximate surface area is 135 Å². The van der Waals surface area contributed by atoms with Crippen molar-refractivity contribution < 1.29 is 14.3 Å². The normalized spacial score (nSPS) is 16.6. The fourth-order valence-electron chi connectivity index (χ4n) is 2.95. The summed E-state index contributed by atoms with van der Waals surface area (Å²) in [5.41, 5.74) is 1.14. The van der Waals surface area contributed by atoms with Gasteiger partial charge in [0.2, 0.25) is 11.8 Å². The molecule has 3 rings (SSSR count). The number of benzene rings is 1. The predicted molar refractivity (Wildman–Crippen MR) is 87.6 cm³/mol. The van der Waals surface area contributed by atoms with Crippen LogP contribution < -0.4 is 10.1 Å². The molecule has 2 heterocycles. The number of methoxy groups -OCH3 is 1. The lowest BCUT2D eigenvalue weighted by atomic mass is 9.73. The Hall–Kier alpha value is -2.40. The molecule has 0 bridgehead atoms. The van der Waals surface area contributed by atoms with E-state index in [0.29, 0.717) is 37.6 Å². The van der Waals surface area contributed by atoms with Gasteiger partial charge in [-0.1, -0.05) is 30.3 Å². The van der Waals surface area contributed by atoms with Crippen LogP contribution in [0.25, 0.3) is 0 Å². The van der Waals surface area contributed by atoms with Gasteiger partial charge in [-0.2, -0.15) is 0 Å². The van der Waals surface area contributed by atoms with E-state index >= 15 is 0 Å². The Bertz CT molecular complexity index is 650. The predicted octanol–water partition coefficient (Wildman–Crippen LogP) is 2.78. The molecule has 1 fully saturated rings. The summed E-state index contributed by atoms with van der Waals surface area (Å²) < 4.78 is 10.5. The molecule has 0 unspecified atom stereocenters. The number of aromatic nitrogens is 1. The van der Waals surface area contributed by atoms with Gasteiger partial charge in [0.05, 0.1) is 24.4 Å². The summed E-state index contributed by atoms with van der Waals surface area (Å²) in [5, 5.41) is 2.99. The van der Waals surface area contributed by atoms with Crippen molar-refractivity contribution in [3.8, 4) is 5.88 Å². The molecular weight excluding hydrogens is 292 g/mol. The number of carbonyl (C=O) groups is 1. The molecule has 23 heavy (non-hydrogen) atoms. The zero-order valence-electron chi connectivity index (χ0n) is 13.1. The third kappa shape index (κ3) is 3.19. The first kappa shape index (κ1) is 15.5. The van der Waals surface area contributed by atoms with Crippen LogP contribution in [0.2, 0.25) is 0 Å². The number of nitrogens with zero attached hydrogens (tertiary/aromatic N) is 1. The molecule has 120 valence electrons. The van der Waals surface area contributed by atoms with Gasteiger partial charge < -0.3 is 14.8 Å². The number of hydrogen-bond acceptors (Lipinski definition) is 4. The van der Waals surface area contributed by atoms with Gasteiger partial charge in [0, 0.05) is 19.3 Å². The monoisotopic (exact) mass is 312 g/mol. The van der Waals surface area contributed by atoms with Crippen molar-refractivity contribution in [1.29, 1.82) is 0 Å². The number of ether oxygens (including phenoxy) is 2. The number of carbonyl (C=O) groups excluding carboxylic acids is 1. The topological polar surface area (TPSA) is 60.5 Å². The SMILES string of the molecule is COc1ccc(NC(=O)C2(c3ccccc3)CCOCC2)cn1. The number of hydrogen-bond donors (Lipinski definition) is 1. The second-order valence-corrected chi connectivity index (χ2v) is 5.60. The molecule has 1 aliphatic rings. The second kappa shape index (κ2) is 6.79. The van der Waals surface area contributed by atoms with Gasteiger partial charge in [0.15, 0.2) is 0 Å². The van der Waals surface area contributed by atoms with Crippen molar-refractivity contribution in [1.82, 2.24) is 4.98 Å². The molecule has 0 atom stereocenters. The summed E-state index contributed by atoms with van der Waals surface area (Å²) in [6, 6.07) is 13.4. The molecule has 2 aromatic rings. The van der Waals surface area contributed by atoms with Gasteiger partial charge in [-0.25, -0.2) is 4.98 Å². The highest BCUT2D eigenvalue weighted by atomic mass is 16.5. The standard InChI is InChI=1S/C18H20N2O3/c1-22-16-8-7-15(13-19-16)20-17(21)18(9-11-23-12-10-18)14-5-3-2-4-6-14/h2-8,13H,9-12H2,1H3,(H,20,21). The highest BCUT2D eigenvalue weighted by molar-refractivity contribution is 5.99. The average Bonchev–Trinajstić information content (AvgIpc) is 2.63. The van der Waals surface area contributed by atoms with Gasteiger partial charge in [-0.15, -0.1) is 0 Å². The van der Waals surface area contributed by atoms with Crippen LogP contribution in [0.15, 0.2) is 48.7 Å². The Morgan fingerprint density at radius 2 is 1.91 bits per heavy atom. The van der Waals surface area contributed by atoms with E-state index in [-0.39, 0.29) is 5.91 Å². The van der Waals surface area contributed by atoms with Crippen molar-refractivity contribution in [2.45, 2.75) is 18.3 Å². The number of anilines is 1. The molecule has 1 aromatic carbocycles. The zero-order valence-corrected chi connectivity index (χ0v) is 13.1. The van der Waals surface area contributed by atoms with Crippen molar-refractivity contribution >= 4 is 11.6 Å². The Morgan fingerprint density at radius 3 is 2.52 bits per heavy atom. The van der Waals surface area contributed by atoms with E-state index in [4.69, 9.17) is 9.47 Å². The van der Waals surface area contributed by atoms with E-state index < -0.39 is 5.41 Å².